The molecule has 18 heavy (non-hydrogen) atoms. The van der Waals surface area contributed by atoms with Gasteiger partial charge < -0.3 is 4.57 Å². The van der Waals surface area contributed by atoms with Crippen LogP contribution >= 0.6 is 0 Å². The zero-order chi connectivity index (χ0) is 13.2. The Morgan fingerprint density at radius 2 is 2.44 bits per heavy atom. The average molecular weight is 272 g/mol. The third kappa shape index (κ3) is 3.30. The van der Waals surface area contributed by atoms with Crippen LogP contribution in [0.4, 0.5) is 0 Å². The largest absolute Gasteiger partial charge is 0.338 e. The fourth-order valence-electron chi connectivity index (χ4n) is 2.48. The van der Waals surface area contributed by atoms with Gasteiger partial charge in [0.05, 0.1) is 11.5 Å². The van der Waals surface area contributed by atoms with Crippen LogP contribution in [0.1, 0.15) is 18.7 Å². The maximum Gasteiger partial charge on any atom is 0.150 e. The molecular formula is C11H20N4O2S. The minimum atomic E-state index is -2.81. The molecule has 1 fully saturated rings. The Hall–Kier alpha value is -0.920. The smallest absolute Gasteiger partial charge is 0.150 e. The van der Waals surface area contributed by atoms with Crippen molar-refractivity contribution in [2.45, 2.75) is 25.3 Å². The van der Waals surface area contributed by atoms with Crippen molar-refractivity contribution in [1.82, 2.24) is 15.0 Å². The van der Waals surface area contributed by atoms with Gasteiger partial charge in [-0.2, -0.15) is 0 Å². The second-order valence-electron chi connectivity index (χ2n) is 5.03. The second kappa shape index (κ2) is 5.38. The molecule has 0 bridgehead atoms. The minimum Gasteiger partial charge on any atom is -0.338 e. The quantitative estimate of drug-likeness (QED) is 0.563. The van der Waals surface area contributed by atoms with Crippen LogP contribution < -0.4 is 11.3 Å². The minimum absolute atomic E-state index is 0.0735. The molecule has 0 aromatic carbocycles. The van der Waals surface area contributed by atoms with Gasteiger partial charge in [0.25, 0.3) is 0 Å². The van der Waals surface area contributed by atoms with Crippen LogP contribution in [0.15, 0.2) is 12.4 Å². The Bertz CT molecular complexity index is 497. The van der Waals surface area contributed by atoms with Crippen molar-refractivity contribution in [3.8, 4) is 0 Å². The first-order valence-electron chi connectivity index (χ1n) is 6.13. The van der Waals surface area contributed by atoms with E-state index in [9.17, 15) is 8.42 Å². The number of hydrogen-bond acceptors (Lipinski definition) is 5. The molecule has 0 spiro atoms. The number of nitrogens with zero attached hydrogens (tertiary/aromatic N) is 2. The number of rotatable bonds is 5. The normalized spacial score (nSPS) is 24.2. The number of sulfone groups is 1. The predicted molar refractivity (Wildman–Crippen MR) is 69.4 cm³/mol. The van der Waals surface area contributed by atoms with Crippen molar-refractivity contribution < 1.29 is 8.42 Å². The van der Waals surface area contributed by atoms with Crippen molar-refractivity contribution in [1.29, 1.82) is 0 Å². The fourth-order valence-corrected chi connectivity index (χ4v) is 4.36. The molecule has 0 saturated carbocycles. The Kier molecular flexibility index (Phi) is 4.04. The van der Waals surface area contributed by atoms with E-state index in [1.165, 1.54) is 0 Å². The Morgan fingerprint density at radius 3 is 2.94 bits per heavy atom. The van der Waals surface area contributed by atoms with Crippen LogP contribution in [-0.4, -0.2) is 35.5 Å². The van der Waals surface area contributed by atoms with Gasteiger partial charge in [0.15, 0.2) is 9.84 Å². The number of imidazole rings is 1. The number of hydrazine groups is 1. The lowest BCUT2D eigenvalue weighted by Gasteiger charge is -2.18. The number of nitrogens with one attached hydrogen (secondary N) is 1. The molecule has 0 radical (unpaired) electrons. The molecule has 0 aliphatic carbocycles. The molecule has 1 aliphatic heterocycles. The first-order valence-corrected chi connectivity index (χ1v) is 7.95. The second-order valence-corrected chi connectivity index (χ2v) is 7.26. The molecule has 0 amide bonds. The zero-order valence-corrected chi connectivity index (χ0v) is 11.4. The average Bonchev–Trinajstić information content (AvgIpc) is 2.85. The summed E-state index contributed by atoms with van der Waals surface area (Å²) >= 11 is 0. The van der Waals surface area contributed by atoms with E-state index in [0.717, 1.165) is 25.1 Å². The van der Waals surface area contributed by atoms with Crippen molar-refractivity contribution in [3.63, 3.8) is 0 Å². The molecule has 7 heteroatoms. The Labute approximate surface area is 107 Å². The van der Waals surface area contributed by atoms with E-state index in [-0.39, 0.29) is 12.0 Å². The predicted octanol–water partition coefficient (Wildman–Crippen LogP) is -0.381. The summed E-state index contributed by atoms with van der Waals surface area (Å²) < 4.78 is 24.8. The van der Waals surface area contributed by atoms with Crippen LogP contribution in [-0.2, 0) is 23.3 Å². The third-order valence-electron chi connectivity index (χ3n) is 3.53. The molecule has 2 rings (SSSR count). The van der Waals surface area contributed by atoms with Crippen LogP contribution in [0.25, 0.3) is 0 Å². The van der Waals surface area contributed by atoms with Gasteiger partial charge in [-0.05, 0) is 18.8 Å². The SMILES string of the molecule is Cn1ccnc1CC(CC1CCS(=O)(=O)C1)NN. The highest BCUT2D eigenvalue weighted by Crippen LogP contribution is 2.23. The van der Waals surface area contributed by atoms with Crippen LogP contribution in [0.5, 0.6) is 0 Å². The van der Waals surface area contributed by atoms with E-state index in [0.29, 0.717) is 11.5 Å². The molecule has 2 unspecified atom stereocenters. The van der Waals surface area contributed by atoms with Crippen LogP contribution in [0, 0.1) is 5.92 Å². The highest BCUT2D eigenvalue weighted by atomic mass is 32.2. The summed E-state index contributed by atoms with van der Waals surface area (Å²) in [6, 6.07) is 0.0735. The van der Waals surface area contributed by atoms with Gasteiger partial charge in [-0.1, -0.05) is 0 Å². The van der Waals surface area contributed by atoms with Crippen molar-refractivity contribution >= 4 is 9.84 Å². The van der Waals surface area contributed by atoms with Gasteiger partial charge in [0, 0.05) is 31.9 Å². The molecule has 1 aromatic heterocycles. The van der Waals surface area contributed by atoms with Gasteiger partial charge in [-0.3, -0.25) is 11.3 Å². The summed E-state index contributed by atoms with van der Waals surface area (Å²) in [6.07, 6.45) is 5.89. The standard InChI is InChI=1S/C11H20N4O2S/c1-15-4-3-13-11(15)7-10(14-12)6-9-2-5-18(16,17)8-9/h3-4,9-10,14H,2,5-8,12H2,1H3. The van der Waals surface area contributed by atoms with E-state index in [1.54, 1.807) is 6.20 Å². The maximum atomic E-state index is 11.4. The van der Waals surface area contributed by atoms with E-state index >= 15 is 0 Å². The maximum absolute atomic E-state index is 11.4. The number of aromatic nitrogens is 2. The zero-order valence-electron chi connectivity index (χ0n) is 10.5. The highest BCUT2D eigenvalue weighted by molar-refractivity contribution is 7.91. The van der Waals surface area contributed by atoms with Crippen molar-refractivity contribution in [3.05, 3.63) is 18.2 Å². The lowest BCUT2D eigenvalue weighted by Crippen LogP contribution is -2.39. The van der Waals surface area contributed by atoms with Gasteiger partial charge >= 0.3 is 0 Å². The Morgan fingerprint density at radius 1 is 1.67 bits per heavy atom. The monoisotopic (exact) mass is 272 g/mol. The summed E-state index contributed by atoms with van der Waals surface area (Å²) in [5.74, 6) is 7.34. The van der Waals surface area contributed by atoms with Gasteiger partial charge in [-0.15, -0.1) is 0 Å². The van der Waals surface area contributed by atoms with E-state index in [4.69, 9.17) is 5.84 Å². The first-order chi connectivity index (χ1) is 8.50. The molecule has 1 saturated heterocycles. The van der Waals surface area contributed by atoms with Gasteiger partial charge in [0.1, 0.15) is 5.82 Å². The molecule has 1 aromatic rings. The first kappa shape index (κ1) is 13.5. The lowest BCUT2D eigenvalue weighted by molar-refractivity contribution is 0.401. The molecule has 2 atom stereocenters. The van der Waals surface area contributed by atoms with Crippen LogP contribution in [0.3, 0.4) is 0 Å². The molecular weight excluding hydrogens is 252 g/mol. The summed E-state index contributed by atoms with van der Waals surface area (Å²) in [5.41, 5.74) is 2.77. The fraction of sp³-hybridized carbons (Fsp3) is 0.727. The molecule has 3 N–H and O–H groups in total. The van der Waals surface area contributed by atoms with Crippen molar-refractivity contribution in [2.75, 3.05) is 11.5 Å². The van der Waals surface area contributed by atoms with Crippen LogP contribution in [0.2, 0.25) is 0 Å². The van der Waals surface area contributed by atoms with E-state index in [2.05, 4.69) is 10.4 Å². The summed E-state index contributed by atoms with van der Waals surface area (Å²) in [6.45, 7) is 0. The number of hydrogen-bond donors (Lipinski definition) is 2. The highest BCUT2D eigenvalue weighted by Gasteiger charge is 2.29. The van der Waals surface area contributed by atoms with Gasteiger partial charge in [0.2, 0.25) is 0 Å². The summed E-state index contributed by atoms with van der Waals surface area (Å²) in [5, 5.41) is 0. The summed E-state index contributed by atoms with van der Waals surface area (Å²) in [7, 11) is -0.869. The van der Waals surface area contributed by atoms with E-state index in [1.807, 2.05) is 17.8 Å². The van der Waals surface area contributed by atoms with E-state index < -0.39 is 9.84 Å². The molecule has 1 aliphatic rings. The lowest BCUT2D eigenvalue weighted by atomic mass is 9.97. The Balaban J connectivity index is 1.92. The van der Waals surface area contributed by atoms with Gasteiger partial charge in [-0.25, -0.2) is 13.4 Å². The third-order valence-corrected chi connectivity index (χ3v) is 5.37. The summed E-state index contributed by atoms with van der Waals surface area (Å²) in [4.78, 5) is 4.26. The number of nitrogens with two attached hydrogens (primary N) is 1. The topological polar surface area (TPSA) is 90.0 Å². The molecule has 2 heterocycles. The van der Waals surface area contributed by atoms with Crippen molar-refractivity contribution in [2.24, 2.45) is 18.8 Å². The number of aryl methyl sites for hydroxylation is 1. The molecule has 102 valence electrons. The molecule has 6 nitrogen and oxygen atoms in total.